The second-order valence-corrected chi connectivity index (χ2v) is 9.23. The summed E-state index contributed by atoms with van der Waals surface area (Å²) in [4.78, 5) is 34.5. The Bertz CT molecular complexity index is 1410. The fraction of sp³-hybridized carbons (Fsp3) is 0.435. The minimum Gasteiger partial charge on any atom is -0.480 e. The van der Waals surface area contributed by atoms with Gasteiger partial charge in [-0.15, -0.1) is 0 Å². The number of pyridine rings is 1. The number of nitrogens with zero attached hydrogens (tertiary/aromatic N) is 5. The van der Waals surface area contributed by atoms with Crippen molar-refractivity contribution in [3.05, 3.63) is 35.8 Å². The van der Waals surface area contributed by atoms with Gasteiger partial charge in [-0.1, -0.05) is 0 Å². The SMILES string of the molecule is COc1ncc(-c2cc(C(F)(F)F)c3c(N)ncnn23)cc1C(=O)NC1CN(C(=O)C2CC(F)C2)CC1F. The van der Waals surface area contributed by atoms with E-state index in [0.717, 1.165) is 16.9 Å². The van der Waals surface area contributed by atoms with Gasteiger partial charge in [0.25, 0.3) is 5.91 Å². The molecule has 10 nitrogen and oxygen atoms in total. The van der Waals surface area contributed by atoms with Crippen molar-refractivity contribution in [2.45, 2.75) is 37.4 Å². The number of nitrogens with one attached hydrogen (secondary N) is 1. The summed E-state index contributed by atoms with van der Waals surface area (Å²) in [5, 5.41) is 6.38. The number of methoxy groups -OCH3 is 1. The van der Waals surface area contributed by atoms with Gasteiger partial charge in [-0.2, -0.15) is 18.3 Å². The zero-order valence-corrected chi connectivity index (χ0v) is 19.9. The van der Waals surface area contributed by atoms with Crippen LogP contribution in [0.2, 0.25) is 0 Å². The minimum absolute atomic E-state index is 0.0710. The Hall–Kier alpha value is -4.04. The number of nitrogens with two attached hydrogens (primary N) is 1. The van der Waals surface area contributed by atoms with Crippen LogP contribution in [0.5, 0.6) is 5.88 Å². The third-order valence-corrected chi connectivity index (χ3v) is 6.78. The number of aromatic nitrogens is 4. The molecule has 2 amide bonds. The van der Waals surface area contributed by atoms with E-state index in [-0.39, 0.29) is 54.5 Å². The molecule has 15 heteroatoms. The highest BCUT2D eigenvalue weighted by Crippen LogP contribution is 2.39. The summed E-state index contributed by atoms with van der Waals surface area (Å²) in [5.41, 5.74) is 3.98. The van der Waals surface area contributed by atoms with E-state index in [9.17, 15) is 31.5 Å². The van der Waals surface area contributed by atoms with Crippen LogP contribution in [0.25, 0.3) is 16.8 Å². The van der Waals surface area contributed by atoms with Crippen molar-refractivity contribution >= 4 is 23.1 Å². The zero-order chi connectivity index (χ0) is 27.4. The average Bonchev–Trinajstić information content (AvgIpc) is 3.43. The van der Waals surface area contributed by atoms with E-state index >= 15 is 0 Å². The number of hydrogen-bond donors (Lipinski definition) is 2. The molecule has 0 bridgehead atoms. The molecule has 1 saturated heterocycles. The van der Waals surface area contributed by atoms with Gasteiger partial charge in [0.1, 0.15) is 29.8 Å². The first-order chi connectivity index (χ1) is 18.0. The Morgan fingerprint density at radius 1 is 1.16 bits per heavy atom. The number of likely N-dealkylation sites (tertiary alicyclic amines) is 1. The molecule has 2 fully saturated rings. The number of ether oxygens (including phenoxy) is 1. The van der Waals surface area contributed by atoms with Crippen LogP contribution in [-0.2, 0) is 11.0 Å². The smallest absolute Gasteiger partial charge is 0.418 e. The van der Waals surface area contributed by atoms with Crippen LogP contribution in [0.1, 0.15) is 28.8 Å². The van der Waals surface area contributed by atoms with Gasteiger partial charge in [-0.3, -0.25) is 9.59 Å². The number of amides is 2. The molecule has 3 aromatic rings. The van der Waals surface area contributed by atoms with Crippen molar-refractivity contribution in [1.82, 2.24) is 29.8 Å². The molecular weight excluding hydrogens is 517 g/mol. The van der Waals surface area contributed by atoms with Crippen LogP contribution in [0.3, 0.4) is 0 Å². The quantitative estimate of drug-likeness (QED) is 0.477. The lowest BCUT2D eigenvalue weighted by Crippen LogP contribution is -2.44. The largest absolute Gasteiger partial charge is 0.480 e. The number of alkyl halides is 5. The van der Waals surface area contributed by atoms with Crippen LogP contribution in [0.15, 0.2) is 24.7 Å². The maximum absolute atomic E-state index is 14.7. The number of nitrogen functional groups attached to an aromatic ring is 1. The molecule has 1 aliphatic heterocycles. The van der Waals surface area contributed by atoms with Gasteiger partial charge in [0.15, 0.2) is 5.82 Å². The molecule has 0 radical (unpaired) electrons. The van der Waals surface area contributed by atoms with Crippen molar-refractivity contribution in [2.75, 3.05) is 25.9 Å². The van der Waals surface area contributed by atoms with Gasteiger partial charge in [-0.25, -0.2) is 23.3 Å². The lowest BCUT2D eigenvalue weighted by molar-refractivity contribution is -0.139. The Kier molecular flexibility index (Phi) is 6.31. The number of hydrogen-bond acceptors (Lipinski definition) is 7. The Morgan fingerprint density at radius 3 is 2.55 bits per heavy atom. The van der Waals surface area contributed by atoms with E-state index in [2.05, 4.69) is 20.4 Å². The number of carbonyl (C=O) groups excluding carboxylic acids is 2. The number of fused-ring (bicyclic) bond motifs is 1. The fourth-order valence-corrected chi connectivity index (χ4v) is 4.74. The Balaban J connectivity index is 1.43. The van der Waals surface area contributed by atoms with Gasteiger partial charge < -0.3 is 20.7 Å². The minimum atomic E-state index is -4.77. The van der Waals surface area contributed by atoms with Crippen molar-refractivity contribution < 1.29 is 36.3 Å². The summed E-state index contributed by atoms with van der Waals surface area (Å²) < 4.78 is 75.0. The summed E-state index contributed by atoms with van der Waals surface area (Å²) in [6.45, 7) is -0.354. The molecule has 2 atom stereocenters. The number of carbonyl (C=O) groups is 2. The lowest BCUT2D eigenvalue weighted by Gasteiger charge is -2.31. The van der Waals surface area contributed by atoms with Crippen LogP contribution in [0.4, 0.5) is 27.8 Å². The summed E-state index contributed by atoms with van der Waals surface area (Å²) in [6.07, 6.45) is -5.00. The van der Waals surface area contributed by atoms with Gasteiger partial charge in [-0.05, 0) is 25.0 Å². The van der Waals surface area contributed by atoms with E-state index < -0.39 is 53.3 Å². The molecule has 1 aliphatic carbocycles. The number of rotatable bonds is 5. The Labute approximate surface area is 212 Å². The maximum atomic E-state index is 14.7. The van der Waals surface area contributed by atoms with Crippen molar-refractivity contribution in [1.29, 1.82) is 0 Å². The zero-order valence-electron chi connectivity index (χ0n) is 19.9. The highest BCUT2D eigenvalue weighted by Gasteiger charge is 2.43. The first-order valence-corrected chi connectivity index (χ1v) is 11.6. The van der Waals surface area contributed by atoms with E-state index in [1.54, 1.807) is 0 Å². The van der Waals surface area contributed by atoms with E-state index in [1.807, 2.05) is 0 Å². The number of halogens is 5. The van der Waals surface area contributed by atoms with Gasteiger partial charge in [0.05, 0.1) is 31.0 Å². The standard InChI is InChI=1S/C23H22F5N7O3/c1-38-21-13(20(36)33-16-8-34(7-15(16)25)22(37)10-2-12(24)3-10)4-11(6-30-21)17-5-14(23(26,27)28)18-19(29)31-9-32-35(17)18/h4-6,9-10,12,15-16H,2-3,7-8H2,1H3,(H,33,36)(H2,29,31,32). The molecule has 3 aromatic heterocycles. The average molecular weight is 539 g/mol. The summed E-state index contributed by atoms with van der Waals surface area (Å²) in [7, 11) is 1.24. The van der Waals surface area contributed by atoms with Crippen LogP contribution >= 0.6 is 0 Å². The predicted octanol–water partition coefficient (Wildman–Crippen LogP) is 2.43. The second kappa shape index (κ2) is 9.36. The molecule has 0 spiro atoms. The molecular formula is C23H22F5N7O3. The van der Waals surface area contributed by atoms with Crippen molar-refractivity contribution in [3.63, 3.8) is 0 Å². The number of anilines is 1. The summed E-state index contributed by atoms with van der Waals surface area (Å²) in [5.74, 6) is -2.21. The van der Waals surface area contributed by atoms with E-state index in [1.165, 1.54) is 24.3 Å². The highest BCUT2D eigenvalue weighted by atomic mass is 19.4. The molecule has 2 aliphatic rings. The first kappa shape index (κ1) is 25.6. The second-order valence-electron chi connectivity index (χ2n) is 9.23. The third kappa shape index (κ3) is 4.45. The van der Waals surface area contributed by atoms with Gasteiger partial charge in [0.2, 0.25) is 11.8 Å². The Morgan fingerprint density at radius 2 is 1.89 bits per heavy atom. The third-order valence-electron chi connectivity index (χ3n) is 6.78. The summed E-state index contributed by atoms with van der Waals surface area (Å²) >= 11 is 0. The molecule has 5 rings (SSSR count). The van der Waals surface area contributed by atoms with Crippen molar-refractivity contribution in [3.8, 4) is 17.1 Å². The molecule has 1 saturated carbocycles. The highest BCUT2D eigenvalue weighted by molar-refractivity contribution is 5.98. The molecule has 2 unspecified atom stereocenters. The van der Waals surface area contributed by atoms with E-state index in [4.69, 9.17) is 10.5 Å². The van der Waals surface area contributed by atoms with Crippen LogP contribution in [-0.4, -0.2) is 74.9 Å². The molecule has 202 valence electrons. The fourth-order valence-electron chi connectivity index (χ4n) is 4.74. The lowest BCUT2D eigenvalue weighted by atomic mass is 9.82. The predicted molar refractivity (Wildman–Crippen MR) is 123 cm³/mol. The molecule has 4 heterocycles. The van der Waals surface area contributed by atoms with Gasteiger partial charge in [0, 0.05) is 24.2 Å². The first-order valence-electron chi connectivity index (χ1n) is 11.6. The van der Waals surface area contributed by atoms with E-state index in [0.29, 0.717) is 0 Å². The monoisotopic (exact) mass is 539 g/mol. The summed E-state index contributed by atoms with van der Waals surface area (Å²) in [6, 6.07) is 0.994. The maximum Gasteiger partial charge on any atom is 0.418 e. The topological polar surface area (TPSA) is 128 Å². The van der Waals surface area contributed by atoms with Crippen LogP contribution in [0, 0.1) is 5.92 Å². The normalized spacial score (nSPS) is 23.4. The van der Waals surface area contributed by atoms with Crippen molar-refractivity contribution in [2.24, 2.45) is 5.92 Å². The molecule has 0 aromatic carbocycles. The van der Waals surface area contributed by atoms with Gasteiger partial charge >= 0.3 is 6.18 Å². The molecule has 3 N–H and O–H groups in total. The molecule has 38 heavy (non-hydrogen) atoms. The van der Waals surface area contributed by atoms with Crippen LogP contribution < -0.4 is 15.8 Å².